The van der Waals surface area contributed by atoms with Crippen LogP contribution in [0.5, 0.6) is 0 Å². The third-order valence-electron chi connectivity index (χ3n) is 1.83. The van der Waals surface area contributed by atoms with Gasteiger partial charge in [0.05, 0.1) is 13.2 Å². The maximum Gasteiger partial charge on any atom is 0.264 e. The lowest BCUT2D eigenvalue weighted by atomic mass is 10.3. The third kappa shape index (κ3) is 1.23. The molecule has 4 nitrogen and oxygen atoms in total. The molecule has 0 aromatic carbocycles. The fourth-order valence-corrected chi connectivity index (χ4v) is 1.42. The van der Waals surface area contributed by atoms with Gasteiger partial charge in [-0.15, -0.1) is 0 Å². The second-order valence-electron chi connectivity index (χ2n) is 3.24. The van der Waals surface area contributed by atoms with Crippen molar-refractivity contribution in [1.29, 1.82) is 0 Å². The third-order valence-corrected chi connectivity index (χ3v) is 1.83. The Morgan fingerprint density at radius 3 is 2.36 bits per heavy atom. The largest absolute Gasteiger partial charge is 0.282 e. The van der Waals surface area contributed by atoms with Crippen LogP contribution in [0.3, 0.4) is 0 Å². The van der Waals surface area contributed by atoms with Crippen molar-refractivity contribution in [3.8, 4) is 0 Å². The molecular weight excluding hydrogens is 144 g/mol. The summed E-state index contributed by atoms with van der Waals surface area (Å²) in [6.45, 7) is 5.62. The smallest absolute Gasteiger partial charge is 0.264 e. The first-order valence-corrected chi connectivity index (χ1v) is 3.65. The Balaban J connectivity index is 2.82. The molecule has 1 saturated heterocycles. The highest BCUT2D eigenvalue weighted by atomic mass is 16.7. The van der Waals surface area contributed by atoms with Crippen molar-refractivity contribution in [3.05, 3.63) is 0 Å². The number of hydrogen-bond donors (Lipinski definition) is 1. The number of rotatable bonds is 1. The van der Waals surface area contributed by atoms with Gasteiger partial charge in [-0.2, -0.15) is 0 Å². The molecule has 1 rings (SSSR count). The Morgan fingerprint density at radius 1 is 1.64 bits per heavy atom. The summed E-state index contributed by atoms with van der Waals surface area (Å²) in [5.41, 5.74) is -0.384. The normalized spacial score (nSPS) is 29.6. The van der Waals surface area contributed by atoms with Gasteiger partial charge in [0.25, 0.3) is 5.91 Å². The summed E-state index contributed by atoms with van der Waals surface area (Å²) < 4.78 is 0. The Hall–Kier alpha value is -0.610. The monoisotopic (exact) mass is 158 g/mol. The molecular formula is C7H14N2O2. The summed E-state index contributed by atoms with van der Waals surface area (Å²) in [7, 11) is 1.50. The number of nitrogens with one attached hydrogen (secondary N) is 1. The molecule has 0 unspecified atom stereocenters. The van der Waals surface area contributed by atoms with Crippen LogP contribution >= 0.6 is 0 Å². The first-order valence-electron chi connectivity index (χ1n) is 3.65. The SMILES string of the molecule is CON1C(=O)[C@H](C)NC1(C)C. The van der Waals surface area contributed by atoms with Crippen molar-refractivity contribution in [2.45, 2.75) is 32.5 Å². The second-order valence-corrected chi connectivity index (χ2v) is 3.24. The Morgan fingerprint density at radius 2 is 2.18 bits per heavy atom. The second kappa shape index (κ2) is 2.46. The van der Waals surface area contributed by atoms with E-state index in [1.54, 1.807) is 0 Å². The van der Waals surface area contributed by atoms with Gasteiger partial charge in [0.2, 0.25) is 0 Å². The number of hydrogen-bond acceptors (Lipinski definition) is 3. The van der Waals surface area contributed by atoms with E-state index in [2.05, 4.69) is 5.32 Å². The molecule has 1 aliphatic rings. The Kier molecular flexibility index (Phi) is 1.90. The van der Waals surface area contributed by atoms with Crippen LogP contribution < -0.4 is 5.32 Å². The predicted octanol–water partition coefficient (Wildman–Crippen LogP) is 0.104. The number of nitrogens with zero attached hydrogens (tertiary/aromatic N) is 1. The molecule has 0 spiro atoms. The van der Waals surface area contributed by atoms with Gasteiger partial charge in [0.15, 0.2) is 0 Å². The number of carbonyl (C=O) groups is 1. The van der Waals surface area contributed by atoms with Gasteiger partial charge < -0.3 is 0 Å². The van der Waals surface area contributed by atoms with E-state index in [0.29, 0.717) is 0 Å². The Bertz CT molecular complexity index is 179. The Labute approximate surface area is 66.5 Å². The molecule has 4 heteroatoms. The molecule has 0 bridgehead atoms. The van der Waals surface area contributed by atoms with Crippen LogP contribution in [0, 0.1) is 0 Å². The van der Waals surface area contributed by atoms with Gasteiger partial charge in [0.1, 0.15) is 5.66 Å². The van der Waals surface area contributed by atoms with Crippen molar-refractivity contribution < 1.29 is 9.63 Å². The fourth-order valence-electron chi connectivity index (χ4n) is 1.42. The molecule has 1 aliphatic heterocycles. The van der Waals surface area contributed by atoms with Crippen LogP contribution in [-0.4, -0.2) is 29.8 Å². The minimum absolute atomic E-state index is 0.0162. The van der Waals surface area contributed by atoms with Gasteiger partial charge in [-0.25, -0.2) is 5.06 Å². The van der Waals surface area contributed by atoms with E-state index in [1.165, 1.54) is 12.2 Å². The van der Waals surface area contributed by atoms with E-state index < -0.39 is 0 Å². The van der Waals surface area contributed by atoms with E-state index in [4.69, 9.17) is 4.84 Å². The van der Waals surface area contributed by atoms with Gasteiger partial charge in [-0.1, -0.05) is 0 Å². The van der Waals surface area contributed by atoms with E-state index in [0.717, 1.165) is 0 Å². The molecule has 1 atom stereocenters. The van der Waals surface area contributed by atoms with Crippen molar-refractivity contribution >= 4 is 5.91 Å². The summed E-state index contributed by atoms with van der Waals surface area (Å²) in [5, 5.41) is 4.45. The molecule has 64 valence electrons. The molecule has 0 aliphatic carbocycles. The molecule has 0 radical (unpaired) electrons. The first-order chi connectivity index (χ1) is 4.99. The lowest BCUT2D eigenvalue weighted by Gasteiger charge is -2.27. The molecule has 0 aromatic rings. The standard InChI is InChI=1S/C7H14N2O2/c1-5-6(10)9(11-4)7(2,3)8-5/h5,8H,1-4H3/t5-/m0/s1. The van der Waals surface area contributed by atoms with Crippen LogP contribution in [0.1, 0.15) is 20.8 Å². The zero-order valence-corrected chi connectivity index (χ0v) is 7.34. The van der Waals surface area contributed by atoms with Crippen LogP contribution in [-0.2, 0) is 9.63 Å². The molecule has 0 saturated carbocycles. The van der Waals surface area contributed by atoms with Gasteiger partial charge >= 0.3 is 0 Å². The molecule has 1 fully saturated rings. The topological polar surface area (TPSA) is 41.6 Å². The average molecular weight is 158 g/mol. The number of carbonyl (C=O) groups excluding carboxylic acids is 1. The van der Waals surface area contributed by atoms with Gasteiger partial charge in [-0.3, -0.25) is 14.9 Å². The molecule has 1 heterocycles. The van der Waals surface area contributed by atoms with Crippen LogP contribution in [0.4, 0.5) is 0 Å². The van der Waals surface area contributed by atoms with E-state index in [9.17, 15) is 4.79 Å². The molecule has 1 amide bonds. The highest BCUT2D eigenvalue weighted by Gasteiger charge is 2.42. The predicted molar refractivity (Wildman–Crippen MR) is 40.5 cm³/mol. The maximum atomic E-state index is 11.3. The van der Waals surface area contributed by atoms with Crippen molar-refractivity contribution in [2.75, 3.05) is 7.11 Å². The van der Waals surface area contributed by atoms with Crippen LogP contribution in [0.2, 0.25) is 0 Å². The summed E-state index contributed by atoms with van der Waals surface area (Å²) in [6.07, 6.45) is 0. The fraction of sp³-hybridized carbons (Fsp3) is 0.857. The number of hydroxylamine groups is 2. The van der Waals surface area contributed by atoms with Crippen molar-refractivity contribution in [3.63, 3.8) is 0 Å². The van der Waals surface area contributed by atoms with E-state index in [-0.39, 0.29) is 17.6 Å². The lowest BCUT2D eigenvalue weighted by Crippen LogP contribution is -2.46. The van der Waals surface area contributed by atoms with Crippen molar-refractivity contribution in [2.24, 2.45) is 0 Å². The molecule has 11 heavy (non-hydrogen) atoms. The minimum atomic E-state index is -0.384. The summed E-state index contributed by atoms with van der Waals surface area (Å²) in [6, 6.07) is -0.148. The minimum Gasteiger partial charge on any atom is -0.282 e. The van der Waals surface area contributed by atoms with Crippen LogP contribution in [0.15, 0.2) is 0 Å². The van der Waals surface area contributed by atoms with Crippen LogP contribution in [0.25, 0.3) is 0 Å². The first kappa shape index (κ1) is 8.49. The van der Waals surface area contributed by atoms with E-state index in [1.807, 2.05) is 20.8 Å². The average Bonchev–Trinajstić information content (AvgIpc) is 2.03. The quantitative estimate of drug-likeness (QED) is 0.588. The highest BCUT2D eigenvalue weighted by Crippen LogP contribution is 2.19. The summed E-state index contributed by atoms with van der Waals surface area (Å²) in [4.78, 5) is 16.2. The summed E-state index contributed by atoms with van der Waals surface area (Å²) in [5.74, 6) is -0.0162. The zero-order valence-electron chi connectivity index (χ0n) is 7.34. The molecule has 1 N–H and O–H groups in total. The maximum absolute atomic E-state index is 11.3. The van der Waals surface area contributed by atoms with Gasteiger partial charge in [0, 0.05) is 0 Å². The molecule has 0 aromatic heterocycles. The summed E-state index contributed by atoms with van der Waals surface area (Å²) >= 11 is 0. The zero-order chi connectivity index (χ0) is 8.65. The van der Waals surface area contributed by atoms with E-state index >= 15 is 0 Å². The lowest BCUT2D eigenvalue weighted by molar-refractivity contribution is -0.192. The highest BCUT2D eigenvalue weighted by molar-refractivity contribution is 5.83. The number of amides is 1. The van der Waals surface area contributed by atoms with Gasteiger partial charge in [-0.05, 0) is 20.8 Å². The van der Waals surface area contributed by atoms with Crippen molar-refractivity contribution in [1.82, 2.24) is 10.4 Å².